The number of furan rings is 1. The van der Waals surface area contributed by atoms with Gasteiger partial charge in [-0.3, -0.25) is 0 Å². The van der Waals surface area contributed by atoms with Gasteiger partial charge in [-0.15, -0.1) is 0 Å². The zero-order valence-electron chi connectivity index (χ0n) is 8.33. The van der Waals surface area contributed by atoms with E-state index in [2.05, 4.69) is 5.32 Å². The van der Waals surface area contributed by atoms with Gasteiger partial charge in [0, 0.05) is 22.5 Å². The Hall–Kier alpha value is -1.03. The van der Waals surface area contributed by atoms with Crippen molar-refractivity contribution < 1.29 is 9.52 Å². The molecule has 0 aliphatic rings. The maximum absolute atomic E-state index is 9.93. The molecule has 1 unspecified atom stereocenters. The van der Waals surface area contributed by atoms with Crippen LogP contribution in [0.15, 0.2) is 28.9 Å². The van der Waals surface area contributed by atoms with Gasteiger partial charge in [0.1, 0.15) is 5.58 Å². The summed E-state index contributed by atoms with van der Waals surface area (Å²) in [5.41, 5.74) is 1.46. The molecule has 0 amide bonds. The van der Waals surface area contributed by atoms with Crippen LogP contribution in [-0.4, -0.2) is 18.7 Å². The van der Waals surface area contributed by atoms with Crippen LogP contribution in [0.25, 0.3) is 11.0 Å². The van der Waals surface area contributed by atoms with Crippen LogP contribution in [0.5, 0.6) is 0 Å². The molecule has 0 saturated heterocycles. The van der Waals surface area contributed by atoms with Crippen molar-refractivity contribution in [1.29, 1.82) is 0 Å². The van der Waals surface area contributed by atoms with Crippen LogP contribution < -0.4 is 5.32 Å². The second-order valence-corrected chi connectivity index (χ2v) is 3.77. The summed E-state index contributed by atoms with van der Waals surface area (Å²) in [5.74, 6) is 0. The number of benzene rings is 1. The maximum Gasteiger partial charge on any atom is 0.134 e. The van der Waals surface area contributed by atoms with Gasteiger partial charge in [0.15, 0.2) is 0 Å². The molecule has 0 aliphatic heterocycles. The fraction of sp³-hybridized carbons (Fsp3) is 0.273. The molecule has 3 nitrogen and oxygen atoms in total. The van der Waals surface area contributed by atoms with E-state index in [1.165, 1.54) is 0 Å². The van der Waals surface area contributed by atoms with E-state index in [1.54, 1.807) is 25.4 Å². The minimum Gasteiger partial charge on any atom is -0.464 e. The standard InChI is InChI=1S/C11H12ClNO2/c1-13-6-9(14)11-7-4-5-15-10(7)3-2-8(11)12/h2-5,9,13-14H,6H2,1H3. The van der Waals surface area contributed by atoms with Crippen molar-refractivity contribution in [3.8, 4) is 0 Å². The molecule has 1 aromatic carbocycles. The topological polar surface area (TPSA) is 45.4 Å². The minimum atomic E-state index is -0.621. The van der Waals surface area contributed by atoms with Crippen LogP contribution in [-0.2, 0) is 0 Å². The Morgan fingerprint density at radius 2 is 2.27 bits per heavy atom. The van der Waals surface area contributed by atoms with E-state index in [1.807, 2.05) is 6.07 Å². The van der Waals surface area contributed by atoms with Gasteiger partial charge in [-0.1, -0.05) is 11.6 Å². The first kappa shape index (κ1) is 10.5. The maximum atomic E-state index is 9.93. The predicted molar refractivity (Wildman–Crippen MR) is 60.1 cm³/mol. The molecular weight excluding hydrogens is 214 g/mol. The second kappa shape index (κ2) is 4.23. The molecule has 0 radical (unpaired) electrons. The smallest absolute Gasteiger partial charge is 0.134 e. The van der Waals surface area contributed by atoms with Gasteiger partial charge in [-0.25, -0.2) is 0 Å². The quantitative estimate of drug-likeness (QED) is 0.843. The van der Waals surface area contributed by atoms with Gasteiger partial charge in [-0.05, 0) is 25.2 Å². The average molecular weight is 226 g/mol. The number of fused-ring (bicyclic) bond motifs is 1. The third kappa shape index (κ3) is 1.86. The van der Waals surface area contributed by atoms with Gasteiger partial charge < -0.3 is 14.8 Å². The summed E-state index contributed by atoms with van der Waals surface area (Å²) >= 11 is 6.06. The monoisotopic (exact) mass is 225 g/mol. The van der Waals surface area contributed by atoms with Crippen molar-refractivity contribution in [2.24, 2.45) is 0 Å². The summed E-state index contributed by atoms with van der Waals surface area (Å²) in [6.45, 7) is 0.462. The Morgan fingerprint density at radius 1 is 1.47 bits per heavy atom. The molecule has 0 bridgehead atoms. The summed E-state index contributed by atoms with van der Waals surface area (Å²) in [4.78, 5) is 0. The summed E-state index contributed by atoms with van der Waals surface area (Å²) in [7, 11) is 1.78. The summed E-state index contributed by atoms with van der Waals surface area (Å²) in [6, 6.07) is 5.35. The molecule has 0 aliphatic carbocycles. The molecule has 4 heteroatoms. The highest BCUT2D eigenvalue weighted by Gasteiger charge is 2.15. The van der Waals surface area contributed by atoms with Crippen LogP contribution in [0.2, 0.25) is 5.02 Å². The van der Waals surface area contributed by atoms with Gasteiger partial charge >= 0.3 is 0 Å². The third-order valence-corrected chi connectivity index (χ3v) is 2.68. The molecule has 15 heavy (non-hydrogen) atoms. The zero-order chi connectivity index (χ0) is 10.8. The molecule has 2 rings (SSSR count). The molecule has 1 atom stereocenters. The fourth-order valence-corrected chi connectivity index (χ4v) is 1.96. The van der Waals surface area contributed by atoms with Crippen LogP contribution in [0.1, 0.15) is 11.7 Å². The Balaban J connectivity index is 2.55. The second-order valence-electron chi connectivity index (χ2n) is 3.37. The SMILES string of the molecule is CNCC(O)c1c(Cl)ccc2occc12. The van der Waals surface area contributed by atoms with Crippen LogP contribution in [0.3, 0.4) is 0 Å². The van der Waals surface area contributed by atoms with E-state index in [0.717, 1.165) is 16.5 Å². The Labute approximate surface area is 92.6 Å². The van der Waals surface area contributed by atoms with Gasteiger partial charge in [0.2, 0.25) is 0 Å². The van der Waals surface area contributed by atoms with Crippen LogP contribution in [0.4, 0.5) is 0 Å². The van der Waals surface area contributed by atoms with E-state index >= 15 is 0 Å². The molecule has 1 aromatic heterocycles. The van der Waals surface area contributed by atoms with Crippen molar-refractivity contribution in [3.05, 3.63) is 35.0 Å². The van der Waals surface area contributed by atoms with Gasteiger partial charge in [0.05, 0.1) is 12.4 Å². The van der Waals surface area contributed by atoms with E-state index in [-0.39, 0.29) is 0 Å². The number of hydrogen-bond acceptors (Lipinski definition) is 3. The first-order chi connectivity index (χ1) is 7.24. The van der Waals surface area contributed by atoms with Crippen molar-refractivity contribution >= 4 is 22.6 Å². The van der Waals surface area contributed by atoms with E-state index in [9.17, 15) is 5.11 Å². The number of aliphatic hydroxyl groups is 1. The minimum absolute atomic E-state index is 0.462. The number of hydrogen-bond donors (Lipinski definition) is 2. The van der Waals surface area contributed by atoms with Crippen LogP contribution in [0, 0.1) is 0 Å². The molecule has 0 saturated carbocycles. The molecule has 2 aromatic rings. The van der Waals surface area contributed by atoms with Crippen molar-refractivity contribution in [1.82, 2.24) is 5.32 Å². The molecular formula is C11H12ClNO2. The molecule has 0 fully saturated rings. The number of aliphatic hydroxyl groups excluding tert-OH is 1. The number of halogens is 1. The number of rotatable bonds is 3. The Kier molecular flexibility index (Phi) is 2.95. The van der Waals surface area contributed by atoms with Crippen molar-refractivity contribution in [3.63, 3.8) is 0 Å². The van der Waals surface area contributed by atoms with Crippen LogP contribution >= 0.6 is 11.6 Å². The normalized spacial score (nSPS) is 13.3. The Morgan fingerprint density at radius 3 is 3.00 bits per heavy atom. The first-order valence-corrected chi connectivity index (χ1v) is 5.10. The summed E-state index contributed by atoms with van der Waals surface area (Å²) < 4.78 is 5.25. The Bertz CT molecular complexity index is 467. The lowest BCUT2D eigenvalue weighted by Gasteiger charge is -2.12. The lowest BCUT2D eigenvalue weighted by Crippen LogP contribution is -2.17. The van der Waals surface area contributed by atoms with Crippen molar-refractivity contribution in [2.45, 2.75) is 6.10 Å². The molecule has 80 valence electrons. The van der Waals surface area contributed by atoms with Gasteiger partial charge in [0.25, 0.3) is 0 Å². The number of nitrogens with one attached hydrogen (secondary N) is 1. The van der Waals surface area contributed by atoms with Gasteiger partial charge in [-0.2, -0.15) is 0 Å². The van der Waals surface area contributed by atoms with E-state index in [4.69, 9.17) is 16.0 Å². The summed E-state index contributed by atoms with van der Waals surface area (Å²) in [6.07, 6.45) is 0.972. The number of likely N-dealkylation sites (N-methyl/N-ethyl adjacent to an activating group) is 1. The molecule has 1 heterocycles. The van der Waals surface area contributed by atoms with Crippen molar-refractivity contribution in [2.75, 3.05) is 13.6 Å². The highest BCUT2D eigenvalue weighted by molar-refractivity contribution is 6.32. The molecule has 0 spiro atoms. The lowest BCUT2D eigenvalue weighted by molar-refractivity contribution is 0.179. The van der Waals surface area contributed by atoms with E-state index < -0.39 is 6.10 Å². The predicted octanol–water partition coefficient (Wildman–Crippen LogP) is 2.34. The lowest BCUT2D eigenvalue weighted by atomic mass is 10.0. The third-order valence-electron chi connectivity index (χ3n) is 2.35. The summed E-state index contributed by atoms with van der Waals surface area (Å²) in [5, 5.41) is 14.3. The first-order valence-electron chi connectivity index (χ1n) is 4.72. The highest BCUT2D eigenvalue weighted by atomic mass is 35.5. The molecule has 2 N–H and O–H groups in total. The van der Waals surface area contributed by atoms with E-state index in [0.29, 0.717) is 11.6 Å². The zero-order valence-corrected chi connectivity index (χ0v) is 9.08. The highest BCUT2D eigenvalue weighted by Crippen LogP contribution is 2.31. The largest absolute Gasteiger partial charge is 0.464 e. The fourth-order valence-electron chi connectivity index (χ4n) is 1.67. The average Bonchev–Trinajstić information content (AvgIpc) is 2.65.